The molecule has 1 aromatic rings. The minimum absolute atomic E-state index is 0.0975. The SMILES string of the molecule is CC(/C=N/NC(=S)SCc1ccccc1)=N\N=C(N)N. The second-order valence-corrected chi connectivity index (χ2v) is 5.35. The predicted octanol–water partition coefficient (Wildman–Crippen LogP) is 1.43. The van der Waals surface area contributed by atoms with Crippen LogP contribution in [0.1, 0.15) is 12.5 Å². The van der Waals surface area contributed by atoms with Gasteiger partial charge in [-0.05, 0) is 12.5 Å². The molecule has 0 saturated carbocycles. The van der Waals surface area contributed by atoms with Crippen LogP contribution in [0.4, 0.5) is 0 Å². The Bertz CT molecular complexity index is 520. The standard InChI is InChI=1S/C12H16N6S2/c1-9(16-17-11(13)14)7-15-18-12(19)20-8-10-5-3-2-4-6-10/h2-7H,8H2,1H3,(H,18,19)(H4,13,14,17)/b15-7+,16-9+. The highest BCUT2D eigenvalue weighted by Crippen LogP contribution is 2.12. The molecule has 5 N–H and O–H groups in total. The second kappa shape index (κ2) is 9.05. The van der Waals surface area contributed by atoms with E-state index in [4.69, 9.17) is 23.7 Å². The number of benzene rings is 1. The quantitative estimate of drug-likeness (QED) is 0.330. The molecule has 106 valence electrons. The fourth-order valence-electron chi connectivity index (χ4n) is 1.10. The van der Waals surface area contributed by atoms with E-state index < -0.39 is 0 Å². The number of guanidine groups is 1. The first kappa shape index (κ1) is 16.1. The summed E-state index contributed by atoms with van der Waals surface area (Å²) in [6.45, 7) is 1.72. The highest BCUT2D eigenvalue weighted by atomic mass is 32.2. The first-order valence-electron chi connectivity index (χ1n) is 5.71. The number of thioether (sulfide) groups is 1. The summed E-state index contributed by atoms with van der Waals surface area (Å²) in [6.07, 6.45) is 1.49. The maximum atomic E-state index is 5.15. The molecular weight excluding hydrogens is 292 g/mol. The summed E-state index contributed by atoms with van der Waals surface area (Å²) in [5.74, 6) is 0.697. The molecule has 0 atom stereocenters. The summed E-state index contributed by atoms with van der Waals surface area (Å²) >= 11 is 6.64. The molecule has 0 unspecified atom stereocenters. The zero-order chi connectivity index (χ0) is 14.8. The first-order chi connectivity index (χ1) is 9.58. The monoisotopic (exact) mass is 308 g/mol. The van der Waals surface area contributed by atoms with Gasteiger partial charge in [-0.15, -0.1) is 5.10 Å². The molecule has 0 saturated heterocycles. The zero-order valence-corrected chi connectivity index (χ0v) is 12.6. The molecule has 0 heterocycles. The molecule has 0 fully saturated rings. The van der Waals surface area contributed by atoms with E-state index in [2.05, 4.69) is 20.7 Å². The topological polar surface area (TPSA) is 101 Å². The normalized spacial score (nSPS) is 11.3. The van der Waals surface area contributed by atoms with Crippen molar-refractivity contribution in [1.29, 1.82) is 0 Å². The van der Waals surface area contributed by atoms with Crippen molar-refractivity contribution in [2.24, 2.45) is 26.8 Å². The van der Waals surface area contributed by atoms with Crippen molar-refractivity contribution in [2.75, 3.05) is 0 Å². The van der Waals surface area contributed by atoms with Crippen molar-refractivity contribution >= 4 is 46.2 Å². The van der Waals surface area contributed by atoms with Crippen LogP contribution < -0.4 is 16.9 Å². The first-order valence-corrected chi connectivity index (χ1v) is 7.10. The van der Waals surface area contributed by atoms with Crippen LogP contribution in [-0.2, 0) is 5.75 Å². The average Bonchev–Trinajstić information content (AvgIpc) is 2.44. The third-order valence-electron chi connectivity index (χ3n) is 1.94. The van der Waals surface area contributed by atoms with Gasteiger partial charge in [0.05, 0.1) is 11.9 Å². The Kier molecular flexibility index (Phi) is 7.30. The number of hydrazone groups is 1. The largest absolute Gasteiger partial charge is 0.369 e. The van der Waals surface area contributed by atoms with Crippen LogP contribution in [0.3, 0.4) is 0 Å². The van der Waals surface area contributed by atoms with Gasteiger partial charge < -0.3 is 11.5 Å². The fourth-order valence-corrected chi connectivity index (χ4v) is 1.93. The summed E-state index contributed by atoms with van der Waals surface area (Å²) < 4.78 is 0.583. The van der Waals surface area contributed by atoms with Crippen LogP contribution in [0.2, 0.25) is 0 Å². The second-order valence-electron chi connectivity index (χ2n) is 3.70. The molecule has 0 aromatic heterocycles. The molecule has 0 amide bonds. The predicted molar refractivity (Wildman–Crippen MR) is 90.9 cm³/mol. The molecule has 0 bridgehead atoms. The third-order valence-corrected chi connectivity index (χ3v) is 3.22. The van der Waals surface area contributed by atoms with Crippen LogP contribution in [0.25, 0.3) is 0 Å². The molecule has 0 aliphatic carbocycles. The Balaban J connectivity index is 2.33. The van der Waals surface area contributed by atoms with Gasteiger partial charge in [-0.1, -0.05) is 54.3 Å². The molecule has 0 spiro atoms. The number of thiocarbonyl (C=S) groups is 1. The van der Waals surface area contributed by atoms with Crippen molar-refractivity contribution in [3.05, 3.63) is 35.9 Å². The smallest absolute Gasteiger partial charge is 0.211 e. The molecule has 1 aromatic carbocycles. The highest BCUT2D eigenvalue weighted by Gasteiger charge is 1.97. The van der Waals surface area contributed by atoms with Gasteiger partial charge in [0.15, 0.2) is 4.32 Å². The number of rotatable bonds is 5. The van der Waals surface area contributed by atoms with Gasteiger partial charge in [-0.25, -0.2) is 0 Å². The summed E-state index contributed by atoms with van der Waals surface area (Å²) in [6, 6.07) is 10.1. The van der Waals surface area contributed by atoms with E-state index in [1.165, 1.54) is 23.5 Å². The van der Waals surface area contributed by atoms with E-state index in [-0.39, 0.29) is 5.96 Å². The van der Waals surface area contributed by atoms with Gasteiger partial charge in [0, 0.05) is 5.75 Å². The number of hydrogen-bond acceptors (Lipinski definition) is 5. The molecule has 8 heteroatoms. The highest BCUT2D eigenvalue weighted by molar-refractivity contribution is 8.22. The van der Waals surface area contributed by atoms with E-state index in [9.17, 15) is 0 Å². The Morgan fingerprint density at radius 1 is 1.30 bits per heavy atom. The zero-order valence-electron chi connectivity index (χ0n) is 11.0. The van der Waals surface area contributed by atoms with Crippen LogP contribution in [0.15, 0.2) is 45.6 Å². The molecule has 0 aliphatic rings. The third kappa shape index (κ3) is 7.49. The van der Waals surface area contributed by atoms with Gasteiger partial charge in [0.2, 0.25) is 5.96 Å². The molecule has 0 aliphatic heterocycles. The minimum atomic E-state index is -0.0975. The number of nitrogens with two attached hydrogens (primary N) is 2. The van der Waals surface area contributed by atoms with E-state index in [0.29, 0.717) is 10.0 Å². The van der Waals surface area contributed by atoms with E-state index in [0.717, 1.165) is 5.75 Å². The number of nitrogens with one attached hydrogen (secondary N) is 1. The lowest BCUT2D eigenvalue weighted by molar-refractivity contribution is 1.07. The van der Waals surface area contributed by atoms with Crippen molar-refractivity contribution in [3.63, 3.8) is 0 Å². The maximum Gasteiger partial charge on any atom is 0.211 e. The molecule has 1 rings (SSSR count). The van der Waals surface area contributed by atoms with Crippen molar-refractivity contribution in [2.45, 2.75) is 12.7 Å². The number of nitrogens with zero attached hydrogens (tertiary/aromatic N) is 3. The van der Waals surface area contributed by atoms with Crippen LogP contribution in [0.5, 0.6) is 0 Å². The summed E-state index contributed by atoms with van der Waals surface area (Å²) in [7, 11) is 0. The van der Waals surface area contributed by atoms with E-state index >= 15 is 0 Å². The maximum absolute atomic E-state index is 5.15. The average molecular weight is 308 g/mol. The van der Waals surface area contributed by atoms with Crippen LogP contribution >= 0.6 is 24.0 Å². The minimum Gasteiger partial charge on any atom is -0.369 e. The van der Waals surface area contributed by atoms with Gasteiger partial charge in [0.25, 0.3) is 0 Å². The number of hydrogen-bond donors (Lipinski definition) is 3. The summed E-state index contributed by atoms with van der Waals surface area (Å²) in [4.78, 5) is 0. The lowest BCUT2D eigenvalue weighted by atomic mass is 10.2. The van der Waals surface area contributed by atoms with Gasteiger partial charge >= 0.3 is 0 Å². The van der Waals surface area contributed by atoms with Crippen LogP contribution in [-0.4, -0.2) is 22.2 Å². The van der Waals surface area contributed by atoms with Gasteiger partial charge in [0.1, 0.15) is 0 Å². The van der Waals surface area contributed by atoms with Gasteiger partial charge in [-0.2, -0.15) is 10.2 Å². The van der Waals surface area contributed by atoms with Crippen LogP contribution in [0, 0.1) is 0 Å². The van der Waals surface area contributed by atoms with Crippen molar-refractivity contribution < 1.29 is 0 Å². The Morgan fingerprint density at radius 3 is 2.65 bits per heavy atom. The molecular formula is C12H16N6S2. The summed E-state index contributed by atoms with van der Waals surface area (Å²) in [5, 5.41) is 11.2. The Morgan fingerprint density at radius 2 is 2.00 bits per heavy atom. The van der Waals surface area contributed by atoms with E-state index in [1.54, 1.807) is 6.92 Å². The Labute approximate surface area is 127 Å². The molecule has 0 radical (unpaired) electrons. The van der Waals surface area contributed by atoms with E-state index in [1.807, 2.05) is 30.3 Å². The Hall–Kier alpha value is -1.93. The fraction of sp³-hybridized carbons (Fsp3) is 0.167. The summed E-state index contributed by atoms with van der Waals surface area (Å²) in [5.41, 5.74) is 14.8. The lowest BCUT2D eigenvalue weighted by Crippen LogP contribution is -2.22. The van der Waals surface area contributed by atoms with Crippen molar-refractivity contribution in [1.82, 2.24) is 5.43 Å². The van der Waals surface area contributed by atoms with Crippen molar-refractivity contribution in [3.8, 4) is 0 Å². The molecule has 20 heavy (non-hydrogen) atoms. The molecule has 6 nitrogen and oxygen atoms in total. The lowest BCUT2D eigenvalue weighted by Gasteiger charge is -2.02. The van der Waals surface area contributed by atoms with Gasteiger partial charge in [-0.3, -0.25) is 5.43 Å².